The Hall–Kier alpha value is -0.0800. The Morgan fingerprint density at radius 1 is 1.75 bits per heavy atom. The van der Waals surface area contributed by atoms with Crippen LogP contribution < -0.4 is 5.32 Å². The second kappa shape index (κ2) is 3.05. The Morgan fingerprint density at radius 2 is 2.50 bits per heavy atom. The van der Waals surface area contributed by atoms with Gasteiger partial charge in [-0.3, -0.25) is 0 Å². The van der Waals surface area contributed by atoms with Gasteiger partial charge in [0.25, 0.3) is 0 Å². The summed E-state index contributed by atoms with van der Waals surface area (Å²) in [5.74, 6) is 0. The molecule has 1 heterocycles. The first kappa shape index (κ1) is 6.05. The van der Waals surface area contributed by atoms with E-state index in [0.717, 1.165) is 19.7 Å². The molecule has 0 aromatic rings. The highest BCUT2D eigenvalue weighted by Gasteiger charge is 2.20. The van der Waals surface area contributed by atoms with Crippen molar-refractivity contribution in [3.8, 4) is 0 Å². The molecule has 1 aliphatic rings. The number of hydrogen-bond donors (Lipinski definition) is 1. The lowest BCUT2D eigenvalue weighted by Gasteiger charge is -1.95. The van der Waals surface area contributed by atoms with Crippen LogP contribution >= 0.6 is 0 Å². The lowest BCUT2D eigenvalue weighted by molar-refractivity contribution is 0.397. The van der Waals surface area contributed by atoms with Gasteiger partial charge in [-0.2, -0.15) is 0 Å². The molecule has 0 amide bonds. The van der Waals surface area contributed by atoms with Crippen LogP contribution in [0.2, 0.25) is 0 Å². The Morgan fingerprint density at radius 3 is 3.00 bits per heavy atom. The van der Waals surface area contributed by atoms with Gasteiger partial charge in [0.15, 0.2) is 0 Å². The van der Waals surface area contributed by atoms with E-state index in [1.54, 1.807) is 0 Å². The maximum absolute atomic E-state index is 4.99. The predicted octanol–water partition coefficient (Wildman–Crippen LogP) is 0.385. The van der Waals surface area contributed by atoms with Gasteiger partial charge < -0.3 is 10.1 Å². The first-order valence-electron chi connectivity index (χ1n) is 3.26. The molecule has 1 unspecified atom stereocenters. The second-order valence-corrected chi connectivity index (χ2v) is 2.16. The summed E-state index contributed by atoms with van der Waals surface area (Å²) in [6, 6.07) is 0. The van der Waals surface area contributed by atoms with E-state index in [9.17, 15) is 0 Å². The van der Waals surface area contributed by atoms with Crippen LogP contribution in [0.25, 0.3) is 0 Å². The largest absolute Gasteiger partial charge is 0.372 e. The summed E-state index contributed by atoms with van der Waals surface area (Å²) in [5, 5.41) is 3.27. The summed E-state index contributed by atoms with van der Waals surface area (Å²) in [5.41, 5.74) is 0. The van der Waals surface area contributed by atoms with Gasteiger partial charge in [0, 0.05) is 6.54 Å². The molecule has 1 rings (SSSR count). The molecule has 0 aromatic carbocycles. The SMILES string of the molecule is CCCNCC1CO1. The molecule has 0 radical (unpaired) electrons. The van der Waals surface area contributed by atoms with E-state index in [1.165, 1.54) is 6.42 Å². The van der Waals surface area contributed by atoms with E-state index in [2.05, 4.69) is 12.2 Å². The van der Waals surface area contributed by atoms with Gasteiger partial charge in [0.05, 0.1) is 12.7 Å². The molecule has 2 heteroatoms. The minimum Gasteiger partial charge on any atom is -0.372 e. The summed E-state index contributed by atoms with van der Waals surface area (Å²) in [7, 11) is 0. The summed E-state index contributed by atoms with van der Waals surface area (Å²) < 4.78 is 4.99. The van der Waals surface area contributed by atoms with Crippen LogP contribution in [0, 0.1) is 0 Å². The molecule has 0 spiro atoms. The third-order valence-corrected chi connectivity index (χ3v) is 1.20. The molecule has 8 heavy (non-hydrogen) atoms. The number of epoxide rings is 1. The van der Waals surface area contributed by atoms with Crippen molar-refractivity contribution in [3.05, 3.63) is 0 Å². The van der Waals surface area contributed by atoms with Crippen molar-refractivity contribution in [2.45, 2.75) is 19.4 Å². The first-order chi connectivity index (χ1) is 3.93. The normalized spacial score (nSPS) is 25.9. The molecular weight excluding hydrogens is 102 g/mol. The quantitative estimate of drug-likeness (QED) is 0.423. The molecule has 2 nitrogen and oxygen atoms in total. The van der Waals surface area contributed by atoms with Gasteiger partial charge in [0.1, 0.15) is 0 Å². The van der Waals surface area contributed by atoms with Crippen molar-refractivity contribution >= 4 is 0 Å². The Balaban J connectivity index is 1.74. The van der Waals surface area contributed by atoms with Crippen molar-refractivity contribution in [1.29, 1.82) is 0 Å². The van der Waals surface area contributed by atoms with Gasteiger partial charge in [-0.05, 0) is 13.0 Å². The summed E-state index contributed by atoms with van der Waals surface area (Å²) in [6.07, 6.45) is 1.76. The second-order valence-electron chi connectivity index (χ2n) is 2.16. The number of hydrogen-bond acceptors (Lipinski definition) is 2. The van der Waals surface area contributed by atoms with Crippen LogP contribution in [0.3, 0.4) is 0 Å². The summed E-state index contributed by atoms with van der Waals surface area (Å²) >= 11 is 0. The minimum atomic E-state index is 0.543. The number of ether oxygens (including phenoxy) is 1. The molecule has 0 aliphatic carbocycles. The average molecular weight is 115 g/mol. The van der Waals surface area contributed by atoms with Crippen molar-refractivity contribution in [1.82, 2.24) is 5.32 Å². The van der Waals surface area contributed by atoms with E-state index in [4.69, 9.17) is 4.74 Å². The molecular formula is C6H13NO. The van der Waals surface area contributed by atoms with Crippen LogP contribution in [0.1, 0.15) is 13.3 Å². The Labute approximate surface area is 50.2 Å². The molecule has 1 N–H and O–H groups in total. The highest BCUT2D eigenvalue weighted by Crippen LogP contribution is 2.05. The van der Waals surface area contributed by atoms with Crippen LogP contribution in [-0.4, -0.2) is 25.8 Å². The Kier molecular flexibility index (Phi) is 2.30. The van der Waals surface area contributed by atoms with Crippen molar-refractivity contribution in [2.75, 3.05) is 19.7 Å². The Bertz CT molecular complexity index is 61.5. The molecule has 1 saturated heterocycles. The fraction of sp³-hybridized carbons (Fsp3) is 1.00. The van der Waals surface area contributed by atoms with Crippen molar-refractivity contribution in [3.63, 3.8) is 0 Å². The zero-order valence-electron chi connectivity index (χ0n) is 5.31. The maximum atomic E-state index is 4.99. The van der Waals surface area contributed by atoms with Crippen molar-refractivity contribution < 1.29 is 4.74 Å². The zero-order valence-corrected chi connectivity index (χ0v) is 5.31. The highest BCUT2D eigenvalue weighted by molar-refractivity contribution is 4.70. The standard InChI is InChI=1S/C6H13NO/c1-2-3-7-4-6-5-8-6/h6-7H,2-5H2,1H3. The van der Waals surface area contributed by atoms with E-state index in [1.807, 2.05) is 0 Å². The van der Waals surface area contributed by atoms with E-state index in [-0.39, 0.29) is 0 Å². The van der Waals surface area contributed by atoms with E-state index >= 15 is 0 Å². The fourth-order valence-electron chi connectivity index (χ4n) is 0.626. The van der Waals surface area contributed by atoms with Gasteiger partial charge in [-0.15, -0.1) is 0 Å². The van der Waals surface area contributed by atoms with Crippen LogP contribution in [-0.2, 0) is 4.74 Å². The molecule has 1 atom stereocenters. The third-order valence-electron chi connectivity index (χ3n) is 1.20. The zero-order chi connectivity index (χ0) is 5.82. The minimum absolute atomic E-state index is 0.543. The summed E-state index contributed by atoms with van der Waals surface area (Å²) in [6.45, 7) is 5.31. The summed E-state index contributed by atoms with van der Waals surface area (Å²) in [4.78, 5) is 0. The van der Waals surface area contributed by atoms with Crippen LogP contribution in [0.5, 0.6) is 0 Å². The van der Waals surface area contributed by atoms with Gasteiger partial charge in [-0.25, -0.2) is 0 Å². The molecule has 1 aliphatic heterocycles. The average Bonchev–Trinajstić information content (AvgIpc) is 2.51. The molecule has 0 saturated carbocycles. The van der Waals surface area contributed by atoms with Gasteiger partial charge in [0.2, 0.25) is 0 Å². The lowest BCUT2D eigenvalue weighted by atomic mass is 10.4. The molecule has 48 valence electrons. The fourth-order valence-corrected chi connectivity index (χ4v) is 0.626. The van der Waals surface area contributed by atoms with E-state index < -0.39 is 0 Å². The highest BCUT2D eigenvalue weighted by atomic mass is 16.6. The van der Waals surface area contributed by atoms with Gasteiger partial charge >= 0.3 is 0 Å². The molecule has 0 bridgehead atoms. The van der Waals surface area contributed by atoms with E-state index in [0.29, 0.717) is 6.10 Å². The van der Waals surface area contributed by atoms with Gasteiger partial charge in [-0.1, -0.05) is 6.92 Å². The monoisotopic (exact) mass is 115 g/mol. The third kappa shape index (κ3) is 2.28. The maximum Gasteiger partial charge on any atom is 0.0933 e. The topological polar surface area (TPSA) is 24.6 Å². The number of rotatable bonds is 4. The van der Waals surface area contributed by atoms with Crippen LogP contribution in [0.4, 0.5) is 0 Å². The molecule has 1 fully saturated rings. The first-order valence-corrected chi connectivity index (χ1v) is 3.26. The molecule has 0 aromatic heterocycles. The predicted molar refractivity (Wildman–Crippen MR) is 32.9 cm³/mol. The van der Waals surface area contributed by atoms with Crippen molar-refractivity contribution in [2.24, 2.45) is 0 Å². The number of nitrogens with one attached hydrogen (secondary N) is 1. The van der Waals surface area contributed by atoms with Crippen LogP contribution in [0.15, 0.2) is 0 Å². The lowest BCUT2D eigenvalue weighted by Crippen LogP contribution is -2.19. The smallest absolute Gasteiger partial charge is 0.0933 e.